The maximum absolute atomic E-state index is 12.3. The topological polar surface area (TPSA) is 64.7 Å². The Morgan fingerprint density at radius 1 is 1.24 bits per heavy atom. The van der Waals surface area contributed by atoms with Crippen LogP contribution in [0.5, 0.6) is 0 Å². The lowest BCUT2D eigenvalue weighted by Crippen LogP contribution is -2.39. The first-order chi connectivity index (χ1) is 9.70. The van der Waals surface area contributed by atoms with Gasteiger partial charge in [-0.2, -0.15) is 0 Å². The van der Waals surface area contributed by atoms with Crippen LogP contribution < -0.4 is 5.73 Å². The van der Waals surface area contributed by atoms with E-state index < -0.39 is 11.5 Å². The molecule has 0 aliphatic heterocycles. The Morgan fingerprint density at radius 3 is 2.29 bits per heavy atom. The number of aliphatic imine (C=N–C) groups is 1. The summed E-state index contributed by atoms with van der Waals surface area (Å²) in [4.78, 5) is 16.6. The lowest BCUT2D eigenvalue weighted by molar-refractivity contribution is -0.158. The maximum atomic E-state index is 12.3. The standard InChI is InChI=1S/C17H26N2O2/c1-12(2)14(16(20)21-17(3,4)5)15(18)19-11-13-9-7-6-8-10-13/h6-10,12,14H,11H2,1-5H3,(H2,18,19)/t14-/m1/s1. The Bertz CT molecular complexity index is 487. The molecule has 0 spiro atoms. The van der Waals surface area contributed by atoms with E-state index in [-0.39, 0.29) is 11.9 Å². The SMILES string of the molecule is CC(C)[C@@H](C(=O)OC(C)(C)C)C(N)=NCc1ccccc1. The van der Waals surface area contributed by atoms with E-state index in [0.717, 1.165) is 5.56 Å². The molecule has 4 heteroatoms. The van der Waals surface area contributed by atoms with Crippen LogP contribution in [-0.2, 0) is 16.1 Å². The molecule has 0 aliphatic carbocycles. The van der Waals surface area contributed by atoms with Crippen LogP contribution >= 0.6 is 0 Å². The largest absolute Gasteiger partial charge is 0.459 e. The summed E-state index contributed by atoms with van der Waals surface area (Å²) in [6, 6.07) is 9.82. The molecule has 1 aromatic carbocycles. The van der Waals surface area contributed by atoms with Crippen molar-refractivity contribution in [2.75, 3.05) is 0 Å². The zero-order valence-corrected chi connectivity index (χ0v) is 13.6. The molecule has 0 saturated heterocycles. The highest BCUT2D eigenvalue weighted by atomic mass is 16.6. The molecule has 1 atom stereocenters. The van der Waals surface area contributed by atoms with E-state index in [4.69, 9.17) is 10.5 Å². The summed E-state index contributed by atoms with van der Waals surface area (Å²) >= 11 is 0. The van der Waals surface area contributed by atoms with E-state index in [1.54, 1.807) is 0 Å². The fourth-order valence-electron chi connectivity index (χ4n) is 1.96. The minimum absolute atomic E-state index is 0.0411. The van der Waals surface area contributed by atoms with Gasteiger partial charge < -0.3 is 10.5 Å². The van der Waals surface area contributed by atoms with E-state index in [1.165, 1.54) is 0 Å². The van der Waals surface area contributed by atoms with Gasteiger partial charge in [-0.1, -0.05) is 44.2 Å². The summed E-state index contributed by atoms with van der Waals surface area (Å²) in [7, 11) is 0. The predicted molar refractivity (Wildman–Crippen MR) is 85.9 cm³/mol. The zero-order valence-electron chi connectivity index (χ0n) is 13.6. The number of rotatable bonds is 5. The number of hydrogen-bond acceptors (Lipinski definition) is 3. The van der Waals surface area contributed by atoms with Gasteiger partial charge in [0.25, 0.3) is 0 Å². The summed E-state index contributed by atoms with van der Waals surface area (Å²) in [5, 5.41) is 0. The quantitative estimate of drug-likeness (QED) is 0.514. The van der Waals surface area contributed by atoms with E-state index >= 15 is 0 Å². The average molecular weight is 290 g/mol. The van der Waals surface area contributed by atoms with Crippen molar-refractivity contribution >= 4 is 11.8 Å². The van der Waals surface area contributed by atoms with Crippen LogP contribution in [0.1, 0.15) is 40.2 Å². The molecule has 0 unspecified atom stereocenters. The summed E-state index contributed by atoms with van der Waals surface area (Å²) < 4.78 is 5.43. The van der Waals surface area contributed by atoms with Crippen LogP contribution in [0.4, 0.5) is 0 Å². The van der Waals surface area contributed by atoms with Crippen LogP contribution in [0, 0.1) is 11.8 Å². The highest BCUT2D eigenvalue weighted by Crippen LogP contribution is 2.18. The van der Waals surface area contributed by atoms with Crippen molar-refractivity contribution in [3.05, 3.63) is 35.9 Å². The molecule has 0 heterocycles. The van der Waals surface area contributed by atoms with E-state index in [0.29, 0.717) is 12.4 Å². The van der Waals surface area contributed by atoms with Gasteiger partial charge in [0.2, 0.25) is 0 Å². The zero-order chi connectivity index (χ0) is 16.0. The van der Waals surface area contributed by atoms with Gasteiger partial charge in [0.1, 0.15) is 17.4 Å². The number of esters is 1. The first-order valence-electron chi connectivity index (χ1n) is 7.27. The number of carbonyl (C=O) groups excluding carboxylic acids is 1. The molecule has 21 heavy (non-hydrogen) atoms. The summed E-state index contributed by atoms with van der Waals surface area (Å²) in [5.74, 6) is -0.442. The Hall–Kier alpha value is -1.84. The van der Waals surface area contributed by atoms with Gasteiger partial charge in [0, 0.05) is 0 Å². The molecule has 0 radical (unpaired) electrons. The molecular weight excluding hydrogens is 264 g/mol. The number of ether oxygens (including phenoxy) is 1. The lowest BCUT2D eigenvalue weighted by Gasteiger charge is -2.25. The number of benzene rings is 1. The second kappa shape index (κ2) is 7.25. The van der Waals surface area contributed by atoms with Crippen LogP contribution in [0.3, 0.4) is 0 Å². The van der Waals surface area contributed by atoms with E-state index in [2.05, 4.69) is 4.99 Å². The molecule has 4 nitrogen and oxygen atoms in total. The second-order valence-corrected chi connectivity index (χ2v) is 6.48. The Morgan fingerprint density at radius 2 is 1.81 bits per heavy atom. The normalized spacial score (nSPS) is 14.1. The van der Waals surface area contributed by atoms with Crippen LogP contribution in [-0.4, -0.2) is 17.4 Å². The lowest BCUT2D eigenvalue weighted by atomic mass is 9.94. The second-order valence-electron chi connectivity index (χ2n) is 6.48. The van der Waals surface area contributed by atoms with Crippen molar-refractivity contribution in [2.45, 2.75) is 46.8 Å². The highest BCUT2D eigenvalue weighted by molar-refractivity contribution is 6.00. The number of nitrogens with two attached hydrogens (primary N) is 1. The number of carbonyl (C=O) groups is 1. The minimum atomic E-state index is -0.524. The molecule has 0 amide bonds. The molecule has 116 valence electrons. The van der Waals surface area contributed by atoms with E-state index in [1.807, 2.05) is 65.0 Å². The van der Waals surface area contributed by atoms with Gasteiger partial charge >= 0.3 is 5.97 Å². The predicted octanol–water partition coefficient (Wildman–Crippen LogP) is 3.16. The van der Waals surface area contributed by atoms with Crippen LogP contribution in [0.2, 0.25) is 0 Å². The van der Waals surface area contributed by atoms with E-state index in [9.17, 15) is 4.79 Å². The molecule has 0 aromatic heterocycles. The maximum Gasteiger partial charge on any atom is 0.317 e. The van der Waals surface area contributed by atoms with Crippen molar-refractivity contribution in [2.24, 2.45) is 22.6 Å². The number of hydrogen-bond donors (Lipinski definition) is 1. The van der Waals surface area contributed by atoms with Gasteiger partial charge in [-0.25, -0.2) is 0 Å². The van der Waals surface area contributed by atoms with Gasteiger partial charge in [-0.15, -0.1) is 0 Å². The van der Waals surface area contributed by atoms with Crippen molar-refractivity contribution < 1.29 is 9.53 Å². The van der Waals surface area contributed by atoms with Crippen molar-refractivity contribution in [3.63, 3.8) is 0 Å². The Labute approximate surface area is 127 Å². The molecule has 0 fully saturated rings. The highest BCUT2D eigenvalue weighted by Gasteiger charge is 2.30. The van der Waals surface area contributed by atoms with Gasteiger partial charge in [0.05, 0.1) is 6.54 Å². The minimum Gasteiger partial charge on any atom is -0.459 e. The first kappa shape index (κ1) is 17.2. The molecule has 0 aliphatic rings. The molecular formula is C17H26N2O2. The van der Waals surface area contributed by atoms with Gasteiger partial charge in [-0.05, 0) is 32.3 Å². The van der Waals surface area contributed by atoms with Crippen LogP contribution in [0.15, 0.2) is 35.3 Å². The fourth-order valence-corrected chi connectivity index (χ4v) is 1.96. The smallest absolute Gasteiger partial charge is 0.317 e. The third-order valence-electron chi connectivity index (χ3n) is 2.93. The molecule has 1 aromatic rings. The fraction of sp³-hybridized carbons (Fsp3) is 0.529. The summed E-state index contributed by atoms with van der Waals surface area (Å²) in [6.45, 7) is 9.90. The number of nitrogens with zero attached hydrogens (tertiary/aromatic N) is 1. The first-order valence-corrected chi connectivity index (χ1v) is 7.27. The Kier molecular flexibility index (Phi) is 5.94. The summed E-state index contributed by atoms with van der Waals surface area (Å²) in [6.07, 6.45) is 0. The van der Waals surface area contributed by atoms with Crippen molar-refractivity contribution in [1.82, 2.24) is 0 Å². The summed E-state index contributed by atoms with van der Waals surface area (Å²) in [5.41, 5.74) is 6.57. The Balaban J connectivity index is 2.82. The van der Waals surface area contributed by atoms with Gasteiger partial charge in [0.15, 0.2) is 0 Å². The van der Waals surface area contributed by atoms with Crippen molar-refractivity contribution in [3.8, 4) is 0 Å². The molecule has 2 N–H and O–H groups in total. The third kappa shape index (κ3) is 5.98. The average Bonchev–Trinajstić information content (AvgIpc) is 2.35. The van der Waals surface area contributed by atoms with Crippen molar-refractivity contribution in [1.29, 1.82) is 0 Å². The monoisotopic (exact) mass is 290 g/mol. The van der Waals surface area contributed by atoms with Gasteiger partial charge in [-0.3, -0.25) is 9.79 Å². The number of amidine groups is 1. The third-order valence-corrected chi connectivity index (χ3v) is 2.93. The molecule has 1 rings (SSSR count). The molecule has 0 saturated carbocycles. The molecule has 0 bridgehead atoms. The van der Waals surface area contributed by atoms with Crippen LogP contribution in [0.25, 0.3) is 0 Å².